The summed E-state index contributed by atoms with van der Waals surface area (Å²) in [6.07, 6.45) is 5.39. The Kier molecular flexibility index (Phi) is 5.21. The molecule has 0 bridgehead atoms. The molecular formula is C16H29N3S. The molecule has 3 nitrogen and oxygen atoms in total. The highest BCUT2D eigenvalue weighted by atomic mass is 32.1. The third-order valence-corrected chi connectivity index (χ3v) is 6.37. The fraction of sp³-hybridized carbons (Fsp3) is 0.812. The molecule has 0 aliphatic heterocycles. The summed E-state index contributed by atoms with van der Waals surface area (Å²) in [5, 5.41) is 7.01. The molecule has 0 aromatic carbocycles. The van der Waals surface area contributed by atoms with Crippen molar-refractivity contribution in [3.63, 3.8) is 0 Å². The predicted molar refractivity (Wildman–Crippen MR) is 86.8 cm³/mol. The van der Waals surface area contributed by atoms with Crippen LogP contribution in [0.1, 0.15) is 58.0 Å². The highest BCUT2D eigenvalue weighted by Gasteiger charge is 2.41. The van der Waals surface area contributed by atoms with Crippen molar-refractivity contribution in [3.8, 4) is 0 Å². The molecule has 1 saturated carbocycles. The van der Waals surface area contributed by atoms with Crippen molar-refractivity contribution in [1.29, 1.82) is 0 Å². The van der Waals surface area contributed by atoms with Crippen molar-refractivity contribution >= 4 is 11.3 Å². The zero-order valence-corrected chi connectivity index (χ0v) is 14.0. The Morgan fingerprint density at radius 2 is 2.25 bits per heavy atom. The fourth-order valence-electron chi connectivity index (χ4n) is 3.40. The van der Waals surface area contributed by atoms with Gasteiger partial charge in [-0.2, -0.15) is 0 Å². The van der Waals surface area contributed by atoms with Gasteiger partial charge in [0.15, 0.2) is 0 Å². The molecule has 1 aliphatic rings. The first kappa shape index (κ1) is 15.9. The predicted octanol–water partition coefficient (Wildman–Crippen LogP) is 3.58. The molecule has 0 saturated heterocycles. The molecule has 2 rings (SSSR count). The maximum Gasteiger partial charge on any atom is 0.109 e. The fourth-order valence-corrected chi connectivity index (χ4v) is 4.20. The molecule has 1 fully saturated rings. The molecule has 114 valence electrons. The van der Waals surface area contributed by atoms with Gasteiger partial charge >= 0.3 is 0 Å². The second-order valence-electron chi connectivity index (χ2n) is 6.79. The standard InChI is InChI=1S/C16H29N3S/c1-5-14(15-18-8-9-20-15)19-10-12-6-7-13(17)11(2)16(12,3)4/h8-9,11-14,19H,5-7,10,17H2,1-4H3. The summed E-state index contributed by atoms with van der Waals surface area (Å²) in [7, 11) is 0. The normalized spacial score (nSPS) is 31.1. The molecule has 0 amide bonds. The number of hydrogen-bond acceptors (Lipinski definition) is 4. The maximum absolute atomic E-state index is 6.25. The highest BCUT2D eigenvalue weighted by Crippen LogP contribution is 2.44. The van der Waals surface area contributed by atoms with Gasteiger partial charge in [-0.3, -0.25) is 0 Å². The first-order valence-corrected chi connectivity index (χ1v) is 8.73. The smallest absolute Gasteiger partial charge is 0.109 e. The SMILES string of the molecule is CCC(NCC1CCC(N)C(C)C1(C)C)c1nccs1. The monoisotopic (exact) mass is 295 g/mol. The molecule has 1 heterocycles. The Labute approximate surface area is 127 Å². The van der Waals surface area contributed by atoms with Gasteiger partial charge in [0.25, 0.3) is 0 Å². The Morgan fingerprint density at radius 3 is 2.85 bits per heavy atom. The number of nitrogens with zero attached hydrogens (tertiary/aromatic N) is 1. The van der Waals surface area contributed by atoms with Gasteiger partial charge in [0.1, 0.15) is 5.01 Å². The first-order chi connectivity index (χ1) is 9.46. The van der Waals surface area contributed by atoms with E-state index in [1.54, 1.807) is 11.3 Å². The average molecular weight is 295 g/mol. The zero-order chi connectivity index (χ0) is 14.8. The molecule has 0 spiro atoms. The van der Waals surface area contributed by atoms with Crippen LogP contribution in [0.15, 0.2) is 11.6 Å². The van der Waals surface area contributed by atoms with E-state index in [9.17, 15) is 0 Å². The van der Waals surface area contributed by atoms with Crippen LogP contribution in [0.3, 0.4) is 0 Å². The second kappa shape index (κ2) is 6.54. The van der Waals surface area contributed by atoms with Gasteiger partial charge in [-0.05, 0) is 43.1 Å². The number of nitrogens with one attached hydrogen (secondary N) is 1. The van der Waals surface area contributed by atoms with Crippen LogP contribution in [0, 0.1) is 17.3 Å². The van der Waals surface area contributed by atoms with Gasteiger partial charge in [0.2, 0.25) is 0 Å². The maximum atomic E-state index is 6.25. The van der Waals surface area contributed by atoms with Crippen molar-refractivity contribution < 1.29 is 0 Å². The van der Waals surface area contributed by atoms with E-state index in [0.29, 0.717) is 29.3 Å². The molecule has 4 atom stereocenters. The lowest BCUT2D eigenvalue weighted by molar-refractivity contribution is 0.0522. The molecule has 1 aliphatic carbocycles. The van der Waals surface area contributed by atoms with E-state index in [2.05, 4.69) is 43.4 Å². The van der Waals surface area contributed by atoms with Gasteiger partial charge in [0, 0.05) is 17.6 Å². The van der Waals surface area contributed by atoms with Gasteiger partial charge < -0.3 is 11.1 Å². The molecule has 4 heteroatoms. The van der Waals surface area contributed by atoms with E-state index in [4.69, 9.17) is 5.73 Å². The zero-order valence-electron chi connectivity index (χ0n) is 13.2. The van der Waals surface area contributed by atoms with Crippen LogP contribution in [0.5, 0.6) is 0 Å². The minimum atomic E-state index is 0.311. The van der Waals surface area contributed by atoms with Gasteiger partial charge in [-0.25, -0.2) is 4.98 Å². The average Bonchev–Trinajstić information content (AvgIpc) is 2.93. The molecule has 4 unspecified atom stereocenters. The van der Waals surface area contributed by atoms with Gasteiger partial charge in [-0.15, -0.1) is 11.3 Å². The number of thiazole rings is 1. The third kappa shape index (κ3) is 3.23. The van der Waals surface area contributed by atoms with Crippen LogP contribution >= 0.6 is 11.3 Å². The summed E-state index contributed by atoms with van der Waals surface area (Å²) in [6, 6.07) is 0.763. The van der Waals surface area contributed by atoms with E-state index >= 15 is 0 Å². The molecule has 0 radical (unpaired) electrons. The lowest BCUT2D eigenvalue weighted by Crippen LogP contribution is -2.49. The summed E-state index contributed by atoms with van der Waals surface area (Å²) < 4.78 is 0. The largest absolute Gasteiger partial charge is 0.327 e. The van der Waals surface area contributed by atoms with E-state index < -0.39 is 0 Å². The van der Waals surface area contributed by atoms with Crippen LogP contribution in [0.4, 0.5) is 0 Å². The molecule has 20 heavy (non-hydrogen) atoms. The third-order valence-electron chi connectivity index (χ3n) is 5.48. The molecule has 3 N–H and O–H groups in total. The number of hydrogen-bond donors (Lipinski definition) is 2. The summed E-state index contributed by atoms with van der Waals surface area (Å²) in [4.78, 5) is 4.45. The van der Waals surface area contributed by atoms with Crippen LogP contribution in [0.25, 0.3) is 0 Å². The van der Waals surface area contributed by atoms with Gasteiger partial charge in [0.05, 0.1) is 6.04 Å². The van der Waals surface area contributed by atoms with Crippen molar-refractivity contribution in [2.75, 3.05) is 6.54 Å². The lowest BCUT2D eigenvalue weighted by atomic mass is 9.61. The van der Waals surface area contributed by atoms with E-state index in [1.807, 2.05) is 6.20 Å². The van der Waals surface area contributed by atoms with Crippen LogP contribution < -0.4 is 11.1 Å². The molecule has 1 aromatic rings. The summed E-state index contributed by atoms with van der Waals surface area (Å²) >= 11 is 1.75. The minimum Gasteiger partial charge on any atom is -0.327 e. The van der Waals surface area contributed by atoms with Crippen LogP contribution in [-0.2, 0) is 0 Å². The van der Waals surface area contributed by atoms with E-state index in [-0.39, 0.29) is 0 Å². The Bertz CT molecular complexity index is 402. The molecule has 1 aromatic heterocycles. The quantitative estimate of drug-likeness (QED) is 0.873. The summed E-state index contributed by atoms with van der Waals surface area (Å²) in [5.74, 6) is 1.29. The Hall–Kier alpha value is -0.450. The number of nitrogens with two attached hydrogens (primary N) is 1. The minimum absolute atomic E-state index is 0.311. The Morgan fingerprint density at radius 1 is 1.50 bits per heavy atom. The van der Waals surface area contributed by atoms with E-state index in [0.717, 1.165) is 19.4 Å². The lowest BCUT2D eigenvalue weighted by Gasteiger charge is -2.47. The summed E-state index contributed by atoms with van der Waals surface area (Å²) in [5.41, 5.74) is 6.56. The number of rotatable bonds is 5. The van der Waals surface area contributed by atoms with Crippen molar-refractivity contribution in [2.45, 2.75) is 59.0 Å². The highest BCUT2D eigenvalue weighted by molar-refractivity contribution is 7.09. The summed E-state index contributed by atoms with van der Waals surface area (Å²) in [6.45, 7) is 10.4. The second-order valence-corrected chi connectivity index (χ2v) is 7.71. The topological polar surface area (TPSA) is 50.9 Å². The van der Waals surface area contributed by atoms with E-state index in [1.165, 1.54) is 11.4 Å². The van der Waals surface area contributed by atoms with Gasteiger partial charge in [-0.1, -0.05) is 27.7 Å². The molecular weight excluding hydrogens is 266 g/mol. The Balaban J connectivity index is 1.96. The van der Waals surface area contributed by atoms with Crippen molar-refractivity contribution in [2.24, 2.45) is 23.0 Å². The van der Waals surface area contributed by atoms with Crippen molar-refractivity contribution in [1.82, 2.24) is 10.3 Å². The van der Waals surface area contributed by atoms with Crippen LogP contribution in [0.2, 0.25) is 0 Å². The number of aromatic nitrogens is 1. The van der Waals surface area contributed by atoms with Crippen molar-refractivity contribution in [3.05, 3.63) is 16.6 Å². The van der Waals surface area contributed by atoms with Crippen LogP contribution in [-0.4, -0.2) is 17.6 Å². The first-order valence-electron chi connectivity index (χ1n) is 7.85.